The fraction of sp³-hybridized carbons (Fsp3) is 0. The van der Waals surface area contributed by atoms with E-state index < -0.39 is 5.91 Å². The van der Waals surface area contributed by atoms with E-state index in [1.54, 1.807) is 48.7 Å². The summed E-state index contributed by atoms with van der Waals surface area (Å²) in [5.74, 6) is -0.722. The van der Waals surface area contributed by atoms with Gasteiger partial charge < -0.3 is 5.32 Å². The summed E-state index contributed by atoms with van der Waals surface area (Å²) >= 11 is 5.57. The number of nitrogens with one attached hydrogen (secondary N) is 2. The first-order valence-electron chi connectivity index (χ1n) is 8.28. The lowest BCUT2D eigenvalue weighted by atomic mass is 10.1. The van der Waals surface area contributed by atoms with Gasteiger partial charge in [-0.05, 0) is 80.5 Å². The first kappa shape index (κ1) is 20.2. The third-order valence-electron chi connectivity index (χ3n) is 3.77. The van der Waals surface area contributed by atoms with E-state index in [2.05, 4.69) is 54.4 Å². The van der Waals surface area contributed by atoms with E-state index in [4.69, 9.17) is 0 Å². The Balaban J connectivity index is 1.73. The number of halogens is 2. The van der Waals surface area contributed by atoms with E-state index in [-0.39, 0.29) is 5.91 Å². The maximum Gasteiger partial charge on any atom is 0.273 e. The fourth-order valence-corrected chi connectivity index (χ4v) is 3.47. The van der Waals surface area contributed by atoms with Crippen LogP contribution in [-0.2, 0) is 0 Å². The van der Waals surface area contributed by atoms with E-state index in [0.717, 1.165) is 9.13 Å². The van der Waals surface area contributed by atoms with Gasteiger partial charge in [0.25, 0.3) is 11.8 Å². The Kier molecular flexibility index (Phi) is 6.94. The number of hydrogen-bond acceptors (Lipinski definition) is 3. The van der Waals surface area contributed by atoms with Crippen molar-refractivity contribution >= 4 is 62.2 Å². The summed E-state index contributed by atoms with van der Waals surface area (Å²) in [6.07, 6.45) is 1.57. The molecule has 0 aliphatic heterocycles. The molecule has 140 valence electrons. The monoisotopic (exact) mass is 547 g/mol. The van der Waals surface area contributed by atoms with E-state index in [1.165, 1.54) is 0 Å². The highest BCUT2D eigenvalue weighted by molar-refractivity contribution is 14.1. The van der Waals surface area contributed by atoms with E-state index in [0.29, 0.717) is 21.3 Å². The normalized spacial score (nSPS) is 10.6. The van der Waals surface area contributed by atoms with Gasteiger partial charge in [-0.3, -0.25) is 9.59 Å². The third-order valence-corrected chi connectivity index (χ3v) is 5.13. The molecule has 0 aromatic heterocycles. The van der Waals surface area contributed by atoms with Crippen molar-refractivity contribution in [1.82, 2.24) is 5.43 Å². The molecule has 2 amide bonds. The summed E-state index contributed by atoms with van der Waals surface area (Å²) in [7, 11) is 0. The Morgan fingerprint density at radius 3 is 2.36 bits per heavy atom. The quantitative estimate of drug-likeness (QED) is 0.266. The van der Waals surface area contributed by atoms with Crippen molar-refractivity contribution < 1.29 is 9.59 Å². The topological polar surface area (TPSA) is 70.6 Å². The Morgan fingerprint density at radius 1 is 0.893 bits per heavy atom. The molecule has 0 fully saturated rings. The lowest BCUT2D eigenvalue weighted by Gasteiger charge is -2.10. The van der Waals surface area contributed by atoms with Crippen molar-refractivity contribution in [2.24, 2.45) is 5.10 Å². The van der Waals surface area contributed by atoms with Gasteiger partial charge in [0.15, 0.2) is 0 Å². The molecule has 0 aliphatic rings. The van der Waals surface area contributed by atoms with Crippen molar-refractivity contribution in [2.45, 2.75) is 0 Å². The molecule has 3 aromatic carbocycles. The summed E-state index contributed by atoms with van der Waals surface area (Å²) in [6.45, 7) is 0. The lowest BCUT2D eigenvalue weighted by Crippen LogP contribution is -2.21. The number of carbonyl (C=O) groups is 2. The van der Waals surface area contributed by atoms with Crippen LogP contribution in [0.3, 0.4) is 0 Å². The molecule has 28 heavy (non-hydrogen) atoms. The number of nitrogens with zero attached hydrogens (tertiary/aromatic N) is 1. The predicted molar refractivity (Wildman–Crippen MR) is 123 cm³/mol. The first-order valence-corrected chi connectivity index (χ1v) is 10.2. The number of hydrazone groups is 1. The van der Waals surface area contributed by atoms with Gasteiger partial charge in [-0.2, -0.15) is 5.10 Å². The predicted octanol–water partition coefficient (Wildman–Crippen LogP) is 5.07. The highest BCUT2D eigenvalue weighted by Gasteiger charge is 2.15. The molecule has 0 radical (unpaired) electrons. The van der Waals surface area contributed by atoms with Gasteiger partial charge in [-0.25, -0.2) is 5.43 Å². The van der Waals surface area contributed by atoms with Crippen LogP contribution in [0.1, 0.15) is 26.3 Å². The van der Waals surface area contributed by atoms with Crippen LogP contribution in [0.2, 0.25) is 0 Å². The van der Waals surface area contributed by atoms with Crippen LogP contribution in [0.25, 0.3) is 0 Å². The highest BCUT2D eigenvalue weighted by atomic mass is 127. The van der Waals surface area contributed by atoms with E-state index >= 15 is 0 Å². The summed E-state index contributed by atoms with van der Waals surface area (Å²) in [5.41, 5.74) is 4.59. The van der Waals surface area contributed by atoms with Crippen molar-refractivity contribution in [1.29, 1.82) is 0 Å². The molecule has 0 unspecified atom stereocenters. The SMILES string of the molecule is O=C(Nc1ccccc1C(=O)N/N=C/c1cccc(I)c1)c1ccccc1Br. The molecular formula is C21H15BrIN3O2. The fourth-order valence-electron chi connectivity index (χ4n) is 2.44. The third kappa shape index (κ3) is 5.26. The summed E-state index contributed by atoms with van der Waals surface area (Å²) < 4.78 is 1.75. The number of para-hydroxylation sites is 1. The standard InChI is InChI=1S/C21H15BrIN3O2/c22-18-10-3-1-8-16(18)20(27)25-19-11-4-2-9-17(19)21(28)26-24-13-14-6-5-7-15(23)12-14/h1-13H,(H,25,27)(H,26,28)/b24-13+. The maximum atomic E-state index is 12.5. The highest BCUT2D eigenvalue weighted by Crippen LogP contribution is 2.20. The Hall–Kier alpha value is -2.52. The van der Waals surface area contributed by atoms with Crippen molar-refractivity contribution in [3.8, 4) is 0 Å². The average molecular weight is 548 g/mol. The second kappa shape index (κ2) is 9.61. The van der Waals surface area contributed by atoms with Crippen LogP contribution >= 0.6 is 38.5 Å². The molecule has 0 atom stereocenters. The van der Waals surface area contributed by atoms with Crippen molar-refractivity contribution in [2.75, 3.05) is 5.32 Å². The number of amides is 2. The number of carbonyl (C=O) groups excluding carboxylic acids is 2. The van der Waals surface area contributed by atoms with Gasteiger partial charge >= 0.3 is 0 Å². The summed E-state index contributed by atoms with van der Waals surface area (Å²) in [5, 5.41) is 6.78. The van der Waals surface area contributed by atoms with Crippen LogP contribution < -0.4 is 10.7 Å². The molecule has 2 N–H and O–H groups in total. The molecule has 0 heterocycles. The maximum absolute atomic E-state index is 12.5. The molecule has 0 bridgehead atoms. The van der Waals surface area contributed by atoms with Gasteiger partial charge in [0.05, 0.1) is 23.0 Å². The van der Waals surface area contributed by atoms with Crippen molar-refractivity contribution in [3.05, 3.63) is 97.5 Å². The van der Waals surface area contributed by atoms with Crippen LogP contribution in [0, 0.1) is 3.57 Å². The number of rotatable bonds is 5. The molecule has 3 rings (SSSR count). The second-order valence-corrected chi connectivity index (χ2v) is 7.83. The van der Waals surface area contributed by atoms with E-state index in [1.807, 2.05) is 30.3 Å². The van der Waals surface area contributed by atoms with E-state index in [9.17, 15) is 9.59 Å². The van der Waals surface area contributed by atoms with Crippen molar-refractivity contribution in [3.63, 3.8) is 0 Å². The molecule has 5 nitrogen and oxygen atoms in total. The van der Waals surface area contributed by atoms with Crippen LogP contribution in [0.15, 0.2) is 82.4 Å². The Labute approximate surface area is 184 Å². The van der Waals surface area contributed by atoms with Crippen LogP contribution in [0.4, 0.5) is 5.69 Å². The van der Waals surface area contributed by atoms with Crippen LogP contribution in [-0.4, -0.2) is 18.0 Å². The summed E-state index contributed by atoms with van der Waals surface area (Å²) in [4.78, 5) is 25.1. The zero-order chi connectivity index (χ0) is 19.9. The van der Waals surface area contributed by atoms with Gasteiger partial charge in [0, 0.05) is 8.04 Å². The Bertz CT molecular complexity index is 1050. The molecule has 0 saturated heterocycles. The molecule has 0 saturated carbocycles. The minimum Gasteiger partial charge on any atom is -0.321 e. The molecular weight excluding hydrogens is 533 g/mol. The molecule has 3 aromatic rings. The number of anilines is 1. The largest absolute Gasteiger partial charge is 0.321 e. The minimum atomic E-state index is -0.412. The smallest absolute Gasteiger partial charge is 0.273 e. The van der Waals surface area contributed by atoms with Gasteiger partial charge in [-0.15, -0.1) is 0 Å². The van der Waals surface area contributed by atoms with Gasteiger partial charge in [0.1, 0.15) is 0 Å². The average Bonchev–Trinajstić information content (AvgIpc) is 2.68. The second-order valence-electron chi connectivity index (χ2n) is 5.73. The van der Waals surface area contributed by atoms with Gasteiger partial charge in [-0.1, -0.05) is 36.4 Å². The lowest BCUT2D eigenvalue weighted by molar-refractivity contribution is 0.0956. The van der Waals surface area contributed by atoms with Gasteiger partial charge in [0.2, 0.25) is 0 Å². The van der Waals surface area contributed by atoms with Crippen LogP contribution in [0.5, 0.6) is 0 Å². The zero-order valence-corrected chi connectivity index (χ0v) is 18.3. The molecule has 7 heteroatoms. The first-order chi connectivity index (χ1) is 13.5. The zero-order valence-electron chi connectivity index (χ0n) is 14.5. The molecule has 0 spiro atoms. The Morgan fingerprint density at radius 2 is 1.61 bits per heavy atom. The minimum absolute atomic E-state index is 0.310. The molecule has 0 aliphatic carbocycles. The number of hydrogen-bond donors (Lipinski definition) is 2. The summed E-state index contributed by atoms with van der Waals surface area (Å²) in [6, 6.07) is 21.6. The number of benzene rings is 3.